The molecule has 0 aliphatic rings. The molecule has 0 atom stereocenters. The van der Waals surface area contributed by atoms with Gasteiger partial charge in [-0.3, -0.25) is 4.79 Å². The number of rotatable bonds is 7. The molecule has 6 heteroatoms. The summed E-state index contributed by atoms with van der Waals surface area (Å²) in [7, 11) is 4.70. The quantitative estimate of drug-likeness (QED) is 0.833. The van der Waals surface area contributed by atoms with Crippen molar-refractivity contribution in [3.63, 3.8) is 0 Å². The Morgan fingerprint density at radius 2 is 1.71 bits per heavy atom. The predicted octanol–water partition coefficient (Wildman–Crippen LogP) is 3.34. The number of halogens is 1. The van der Waals surface area contributed by atoms with Gasteiger partial charge in [-0.05, 0) is 42.3 Å². The molecule has 0 saturated carbocycles. The second-order valence-electron chi connectivity index (χ2n) is 5.05. The first kappa shape index (κ1) is 17.9. The van der Waals surface area contributed by atoms with E-state index in [2.05, 4.69) is 5.32 Å². The van der Waals surface area contributed by atoms with Crippen molar-refractivity contribution in [3.05, 3.63) is 52.5 Å². The minimum Gasteiger partial charge on any atom is -0.493 e. The Kier molecular flexibility index (Phi) is 6.32. The molecular weight excluding hydrogens is 330 g/mol. The van der Waals surface area contributed by atoms with Crippen LogP contribution in [-0.4, -0.2) is 33.8 Å². The van der Waals surface area contributed by atoms with Crippen LogP contribution in [0.4, 0.5) is 0 Å². The van der Waals surface area contributed by atoms with Gasteiger partial charge in [-0.1, -0.05) is 17.7 Å². The van der Waals surface area contributed by atoms with Crippen LogP contribution in [-0.2, 0) is 6.42 Å². The van der Waals surface area contributed by atoms with Crippen LogP contribution < -0.4 is 19.5 Å². The molecule has 0 radical (unpaired) electrons. The zero-order chi connectivity index (χ0) is 17.5. The maximum absolute atomic E-state index is 12.1. The molecule has 1 amide bonds. The van der Waals surface area contributed by atoms with Crippen molar-refractivity contribution in [2.45, 2.75) is 6.42 Å². The molecule has 128 valence electrons. The minimum atomic E-state index is -0.162. The smallest absolute Gasteiger partial charge is 0.251 e. The Morgan fingerprint density at radius 1 is 1.04 bits per heavy atom. The van der Waals surface area contributed by atoms with Gasteiger partial charge in [-0.15, -0.1) is 0 Å². The number of amides is 1. The number of hydrogen-bond donors (Lipinski definition) is 1. The SMILES string of the molecule is COc1cc(CCNC(=O)c2cccc(Cl)c2)cc(OC)c1OC. The Bertz CT molecular complexity index is 693. The fourth-order valence-corrected chi connectivity index (χ4v) is 2.52. The zero-order valence-corrected chi connectivity index (χ0v) is 14.6. The van der Waals surface area contributed by atoms with E-state index in [1.807, 2.05) is 12.1 Å². The molecule has 0 aromatic heterocycles. The molecule has 0 saturated heterocycles. The summed E-state index contributed by atoms with van der Waals surface area (Å²) in [5.41, 5.74) is 1.50. The molecule has 0 spiro atoms. The molecule has 0 unspecified atom stereocenters. The summed E-state index contributed by atoms with van der Waals surface area (Å²) in [5, 5.41) is 3.40. The van der Waals surface area contributed by atoms with Gasteiger partial charge in [-0.2, -0.15) is 0 Å². The van der Waals surface area contributed by atoms with E-state index in [4.69, 9.17) is 25.8 Å². The summed E-state index contributed by atoms with van der Waals surface area (Å²) < 4.78 is 15.9. The van der Waals surface area contributed by atoms with Gasteiger partial charge in [0.2, 0.25) is 5.75 Å². The zero-order valence-electron chi connectivity index (χ0n) is 13.9. The van der Waals surface area contributed by atoms with Crippen LogP contribution in [0.5, 0.6) is 17.2 Å². The van der Waals surface area contributed by atoms with Crippen molar-refractivity contribution < 1.29 is 19.0 Å². The molecule has 5 nitrogen and oxygen atoms in total. The maximum atomic E-state index is 12.1. The summed E-state index contributed by atoms with van der Waals surface area (Å²) in [6.07, 6.45) is 0.628. The van der Waals surface area contributed by atoms with Crippen molar-refractivity contribution in [3.8, 4) is 17.2 Å². The predicted molar refractivity (Wildman–Crippen MR) is 93.6 cm³/mol. The summed E-state index contributed by atoms with van der Waals surface area (Å²) in [5.74, 6) is 1.57. The first-order valence-electron chi connectivity index (χ1n) is 7.41. The van der Waals surface area contributed by atoms with Gasteiger partial charge < -0.3 is 19.5 Å². The first-order chi connectivity index (χ1) is 11.6. The minimum absolute atomic E-state index is 0.162. The van der Waals surface area contributed by atoms with E-state index in [-0.39, 0.29) is 5.91 Å². The van der Waals surface area contributed by atoms with Gasteiger partial charge in [0, 0.05) is 17.1 Å². The lowest BCUT2D eigenvalue weighted by Crippen LogP contribution is -2.25. The fraction of sp³-hybridized carbons (Fsp3) is 0.278. The average molecular weight is 350 g/mol. The largest absolute Gasteiger partial charge is 0.493 e. The number of ether oxygens (including phenoxy) is 3. The van der Waals surface area contributed by atoms with Gasteiger partial charge in [0.15, 0.2) is 11.5 Å². The molecule has 2 rings (SSSR count). The van der Waals surface area contributed by atoms with E-state index in [1.165, 1.54) is 0 Å². The molecule has 24 heavy (non-hydrogen) atoms. The van der Waals surface area contributed by atoms with Crippen molar-refractivity contribution in [1.29, 1.82) is 0 Å². The Balaban J connectivity index is 2.03. The highest BCUT2D eigenvalue weighted by molar-refractivity contribution is 6.30. The fourth-order valence-electron chi connectivity index (χ4n) is 2.33. The second-order valence-corrected chi connectivity index (χ2v) is 5.49. The monoisotopic (exact) mass is 349 g/mol. The standard InChI is InChI=1S/C18H20ClNO4/c1-22-15-9-12(10-16(23-2)17(15)24-3)7-8-20-18(21)13-5-4-6-14(19)11-13/h4-6,9-11H,7-8H2,1-3H3,(H,20,21). The van der Waals surface area contributed by atoms with E-state index in [1.54, 1.807) is 45.6 Å². The Morgan fingerprint density at radius 3 is 2.25 bits per heavy atom. The summed E-state index contributed by atoms with van der Waals surface area (Å²) >= 11 is 5.89. The van der Waals surface area contributed by atoms with Crippen molar-refractivity contribution in [2.24, 2.45) is 0 Å². The van der Waals surface area contributed by atoms with Crippen LogP contribution in [0.15, 0.2) is 36.4 Å². The van der Waals surface area contributed by atoms with Gasteiger partial charge in [0.25, 0.3) is 5.91 Å². The lowest BCUT2D eigenvalue weighted by Gasteiger charge is -2.14. The van der Waals surface area contributed by atoms with Crippen molar-refractivity contribution in [2.75, 3.05) is 27.9 Å². The van der Waals surface area contributed by atoms with E-state index in [0.29, 0.717) is 40.8 Å². The van der Waals surface area contributed by atoms with Gasteiger partial charge in [0.05, 0.1) is 21.3 Å². The molecule has 0 aliphatic heterocycles. The third-order valence-electron chi connectivity index (χ3n) is 3.51. The second kappa shape index (κ2) is 8.45. The molecular formula is C18H20ClNO4. The van der Waals surface area contributed by atoms with Gasteiger partial charge >= 0.3 is 0 Å². The normalized spacial score (nSPS) is 10.2. The summed E-state index contributed by atoms with van der Waals surface area (Å²) in [6.45, 7) is 0.476. The Labute approximate surface area is 146 Å². The third kappa shape index (κ3) is 4.32. The topological polar surface area (TPSA) is 56.8 Å². The van der Waals surface area contributed by atoms with E-state index < -0.39 is 0 Å². The number of nitrogens with one attached hydrogen (secondary N) is 1. The lowest BCUT2D eigenvalue weighted by atomic mass is 10.1. The van der Waals surface area contributed by atoms with E-state index >= 15 is 0 Å². The summed E-state index contributed by atoms with van der Waals surface area (Å²) in [6, 6.07) is 10.6. The van der Waals surface area contributed by atoms with Gasteiger partial charge in [0.1, 0.15) is 0 Å². The van der Waals surface area contributed by atoms with Crippen LogP contribution in [0.3, 0.4) is 0 Å². The highest BCUT2D eigenvalue weighted by Crippen LogP contribution is 2.38. The van der Waals surface area contributed by atoms with Gasteiger partial charge in [-0.25, -0.2) is 0 Å². The molecule has 1 N–H and O–H groups in total. The van der Waals surface area contributed by atoms with Crippen LogP contribution in [0.1, 0.15) is 15.9 Å². The third-order valence-corrected chi connectivity index (χ3v) is 3.75. The molecule has 2 aromatic carbocycles. The van der Waals surface area contributed by atoms with E-state index in [9.17, 15) is 4.79 Å². The number of carbonyl (C=O) groups excluding carboxylic acids is 1. The highest BCUT2D eigenvalue weighted by atomic mass is 35.5. The molecule has 0 fully saturated rings. The first-order valence-corrected chi connectivity index (χ1v) is 7.79. The number of benzene rings is 2. The van der Waals surface area contributed by atoms with Crippen LogP contribution >= 0.6 is 11.6 Å². The molecule has 2 aromatic rings. The number of hydrogen-bond acceptors (Lipinski definition) is 4. The van der Waals surface area contributed by atoms with Crippen LogP contribution in [0.2, 0.25) is 5.02 Å². The number of carbonyl (C=O) groups is 1. The lowest BCUT2D eigenvalue weighted by molar-refractivity contribution is 0.0954. The Hall–Kier alpha value is -2.40. The number of methoxy groups -OCH3 is 3. The van der Waals surface area contributed by atoms with Crippen molar-refractivity contribution >= 4 is 17.5 Å². The van der Waals surface area contributed by atoms with Crippen LogP contribution in [0, 0.1) is 0 Å². The molecule has 0 aliphatic carbocycles. The highest BCUT2D eigenvalue weighted by Gasteiger charge is 2.13. The summed E-state index contributed by atoms with van der Waals surface area (Å²) in [4.78, 5) is 12.1. The van der Waals surface area contributed by atoms with E-state index in [0.717, 1.165) is 5.56 Å². The molecule has 0 heterocycles. The van der Waals surface area contributed by atoms with Crippen molar-refractivity contribution in [1.82, 2.24) is 5.32 Å². The van der Waals surface area contributed by atoms with Crippen LogP contribution in [0.25, 0.3) is 0 Å². The maximum Gasteiger partial charge on any atom is 0.251 e. The molecule has 0 bridgehead atoms. The average Bonchev–Trinajstić information content (AvgIpc) is 2.60.